The normalized spacial score (nSPS) is 24.8. The third kappa shape index (κ3) is 3.22. The van der Waals surface area contributed by atoms with Gasteiger partial charge in [-0.15, -0.1) is 11.3 Å². The number of aliphatic hydroxyl groups excluding tert-OH is 1. The van der Waals surface area contributed by atoms with Crippen molar-refractivity contribution in [3.05, 3.63) is 11.6 Å². The van der Waals surface area contributed by atoms with Gasteiger partial charge in [0.25, 0.3) is 0 Å². The quantitative estimate of drug-likeness (QED) is 0.883. The fraction of sp³-hybridized carbons (Fsp3) is 0.769. The maximum Gasteiger partial charge on any atom is 0.185 e. The standard InChI is InChI=1S/C13H23N3OS/c1-15(2)12-5-7-16(13-14-6-9-18-13)10-11(12)4-3-8-17/h6,9,11-12,17H,3-5,7-8,10H2,1-2H3/t11-,12+/m1/s1. The minimum absolute atomic E-state index is 0.300. The van der Waals surface area contributed by atoms with Crippen LogP contribution in [0.15, 0.2) is 11.6 Å². The average Bonchev–Trinajstić information content (AvgIpc) is 2.89. The Morgan fingerprint density at radius 1 is 1.56 bits per heavy atom. The summed E-state index contributed by atoms with van der Waals surface area (Å²) in [6.45, 7) is 2.45. The molecule has 0 spiro atoms. The molecule has 1 aliphatic rings. The van der Waals surface area contributed by atoms with Gasteiger partial charge in [-0.3, -0.25) is 0 Å². The molecule has 0 aromatic carbocycles. The van der Waals surface area contributed by atoms with Crippen LogP contribution in [0.2, 0.25) is 0 Å². The molecule has 1 fully saturated rings. The lowest BCUT2D eigenvalue weighted by Crippen LogP contribution is -2.49. The molecular weight excluding hydrogens is 246 g/mol. The van der Waals surface area contributed by atoms with Gasteiger partial charge in [0.05, 0.1) is 0 Å². The number of piperidine rings is 1. The first-order valence-corrected chi connectivity index (χ1v) is 7.52. The molecule has 0 unspecified atom stereocenters. The van der Waals surface area contributed by atoms with Crippen molar-refractivity contribution in [3.63, 3.8) is 0 Å². The van der Waals surface area contributed by atoms with Gasteiger partial charge in [0.2, 0.25) is 0 Å². The third-order valence-electron chi connectivity index (χ3n) is 3.78. The van der Waals surface area contributed by atoms with Crippen molar-refractivity contribution in [1.29, 1.82) is 0 Å². The molecule has 2 heterocycles. The number of rotatable bonds is 5. The van der Waals surface area contributed by atoms with Crippen molar-refractivity contribution < 1.29 is 5.11 Å². The monoisotopic (exact) mass is 269 g/mol. The van der Waals surface area contributed by atoms with Crippen molar-refractivity contribution in [1.82, 2.24) is 9.88 Å². The van der Waals surface area contributed by atoms with E-state index in [0.717, 1.165) is 31.1 Å². The molecule has 0 saturated carbocycles. The predicted molar refractivity (Wildman–Crippen MR) is 76.2 cm³/mol. The summed E-state index contributed by atoms with van der Waals surface area (Å²) in [7, 11) is 4.32. The Bertz CT molecular complexity index is 342. The van der Waals surface area contributed by atoms with Gasteiger partial charge in [-0.05, 0) is 39.3 Å². The summed E-state index contributed by atoms with van der Waals surface area (Å²) in [4.78, 5) is 9.14. The van der Waals surface area contributed by atoms with Crippen LogP contribution in [0.5, 0.6) is 0 Å². The van der Waals surface area contributed by atoms with Gasteiger partial charge < -0.3 is 14.9 Å². The molecule has 0 amide bonds. The van der Waals surface area contributed by atoms with E-state index in [1.54, 1.807) is 11.3 Å². The van der Waals surface area contributed by atoms with Crippen LogP contribution in [-0.2, 0) is 0 Å². The van der Waals surface area contributed by atoms with Gasteiger partial charge in [-0.2, -0.15) is 0 Å². The highest BCUT2D eigenvalue weighted by Crippen LogP contribution is 2.29. The topological polar surface area (TPSA) is 39.6 Å². The zero-order valence-corrected chi connectivity index (χ0v) is 12.1. The number of nitrogens with zero attached hydrogens (tertiary/aromatic N) is 3. The Morgan fingerprint density at radius 3 is 3.00 bits per heavy atom. The van der Waals surface area contributed by atoms with Crippen LogP contribution in [0.4, 0.5) is 5.13 Å². The number of hydrogen-bond acceptors (Lipinski definition) is 5. The Balaban J connectivity index is 2.00. The molecule has 1 N–H and O–H groups in total. The maximum atomic E-state index is 9.03. The Morgan fingerprint density at radius 2 is 2.39 bits per heavy atom. The van der Waals surface area contributed by atoms with E-state index in [1.807, 2.05) is 11.6 Å². The van der Waals surface area contributed by atoms with Gasteiger partial charge in [0.15, 0.2) is 5.13 Å². The van der Waals surface area contributed by atoms with E-state index in [9.17, 15) is 0 Å². The zero-order chi connectivity index (χ0) is 13.0. The molecule has 2 atom stereocenters. The zero-order valence-electron chi connectivity index (χ0n) is 11.2. The molecule has 4 nitrogen and oxygen atoms in total. The van der Waals surface area contributed by atoms with Crippen LogP contribution in [0.1, 0.15) is 19.3 Å². The van der Waals surface area contributed by atoms with Gasteiger partial charge in [0.1, 0.15) is 0 Å². The van der Waals surface area contributed by atoms with E-state index in [0.29, 0.717) is 18.6 Å². The summed E-state index contributed by atoms with van der Waals surface area (Å²) in [5.74, 6) is 0.629. The summed E-state index contributed by atoms with van der Waals surface area (Å²) < 4.78 is 0. The molecule has 1 saturated heterocycles. The van der Waals surface area contributed by atoms with Crippen molar-refractivity contribution in [3.8, 4) is 0 Å². The van der Waals surface area contributed by atoms with E-state index < -0.39 is 0 Å². The molecule has 0 radical (unpaired) electrons. The van der Waals surface area contributed by atoms with Crippen LogP contribution in [0.3, 0.4) is 0 Å². The molecule has 1 aromatic rings. The lowest BCUT2D eigenvalue weighted by Gasteiger charge is -2.41. The highest BCUT2D eigenvalue weighted by atomic mass is 32.1. The molecule has 0 aliphatic carbocycles. The molecule has 0 bridgehead atoms. The fourth-order valence-electron chi connectivity index (χ4n) is 2.88. The van der Waals surface area contributed by atoms with E-state index in [-0.39, 0.29) is 0 Å². The van der Waals surface area contributed by atoms with Crippen LogP contribution < -0.4 is 4.90 Å². The average molecular weight is 269 g/mol. The first-order chi connectivity index (χ1) is 8.72. The van der Waals surface area contributed by atoms with Gasteiger partial charge in [0, 0.05) is 37.3 Å². The summed E-state index contributed by atoms with van der Waals surface area (Å²) in [6, 6.07) is 0.632. The number of thiazole rings is 1. The minimum Gasteiger partial charge on any atom is -0.396 e. The smallest absolute Gasteiger partial charge is 0.185 e. The first kappa shape index (κ1) is 13.8. The Hall–Kier alpha value is -0.650. The van der Waals surface area contributed by atoms with Crippen molar-refractivity contribution in [2.75, 3.05) is 38.7 Å². The van der Waals surface area contributed by atoms with Crippen LogP contribution in [0, 0.1) is 5.92 Å². The van der Waals surface area contributed by atoms with Crippen molar-refractivity contribution in [2.45, 2.75) is 25.3 Å². The van der Waals surface area contributed by atoms with E-state index in [2.05, 4.69) is 28.9 Å². The maximum absolute atomic E-state index is 9.03. The summed E-state index contributed by atoms with van der Waals surface area (Å²) >= 11 is 1.72. The van der Waals surface area contributed by atoms with Crippen molar-refractivity contribution in [2.24, 2.45) is 5.92 Å². The third-order valence-corrected chi connectivity index (χ3v) is 4.61. The Kier molecular flexibility index (Phi) is 4.97. The number of aromatic nitrogens is 1. The van der Waals surface area contributed by atoms with Gasteiger partial charge in [-0.1, -0.05) is 0 Å². The largest absolute Gasteiger partial charge is 0.396 e. The minimum atomic E-state index is 0.300. The molecule has 1 aromatic heterocycles. The second-order valence-electron chi connectivity index (χ2n) is 5.21. The fourth-order valence-corrected chi connectivity index (χ4v) is 3.56. The molecule has 2 rings (SSSR count). The lowest BCUT2D eigenvalue weighted by atomic mass is 9.88. The van der Waals surface area contributed by atoms with E-state index in [1.165, 1.54) is 6.42 Å². The SMILES string of the molecule is CN(C)[C@H]1CCN(c2nccs2)C[C@H]1CCCO. The molecule has 5 heteroatoms. The molecule has 1 aliphatic heterocycles. The molecule has 102 valence electrons. The number of hydrogen-bond donors (Lipinski definition) is 1. The highest BCUT2D eigenvalue weighted by Gasteiger charge is 2.30. The highest BCUT2D eigenvalue weighted by molar-refractivity contribution is 7.13. The van der Waals surface area contributed by atoms with Crippen LogP contribution in [0.25, 0.3) is 0 Å². The summed E-state index contributed by atoms with van der Waals surface area (Å²) in [6.07, 6.45) is 5.06. The van der Waals surface area contributed by atoms with Gasteiger partial charge >= 0.3 is 0 Å². The van der Waals surface area contributed by atoms with Crippen molar-refractivity contribution >= 4 is 16.5 Å². The second kappa shape index (κ2) is 6.50. The summed E-state index contributed by atoms with van der Waals surface area (Å²) in [5, 5.41) is 12.2. The molecule has 18 heavy (non-hydrogen) atoms. The van der Waals surface area contributed by atoms with Crippen LogP contribution >= 0.6 is 11.3 Å². The van der Waals surface area contributed by atoms with E-state index >= 15 is 0 Å². The van der Waals surface area contributed by atoms with Crippen LogP contribution in [-0.4, -0.2) is 54.8 Å². The lowest BCUT2D eigenvalue weighted by molar-refractivity contribution is 0.161. The van der Waals surface area contributed by atoms with Gasteiger partial charge in [-0.25, -0.2) is 4.98 Å². The number of anilines is 1. The second-order valence-corrected chi connectivity index (χ2v) is 6.08. The summed E-state index contributed by atoms with van der Waals surface area (Å²) in [5.41, 5.74) is 0. The number of aliphatic hydroxyl groups is 1. The molecular formula is C13H23N3OS. The predicted octanol–water partition coefficient (Wildman–Crippen LogP) is 1.67. The Labute approximate surface area is 113 Å². The first-order valence-electron chi connectivity index (χ1n) is 6.64. The van der Waals surface area contributed by atoms with E-state index in [4.69, 9.17) is 5.11 Å².